The number of benzene rings is 1. The van der Waals surface area contributed by atoms with E-state index in [1.54, 1.807) is 13.0 Å². The minimum absolute atomic E-state index is 0.316. The predicted molar refractivity (Wildman–Crippen MR) is 59.5 cm³/mol. The molecule has 0 unspecified atom stereocenters. The second-order valence-corrected chi connectivity index (χ2v) is 3.84. The Bertz CT molecular complexity index is 368. The number of nitrogen functional groups attached to an aromatic ring is 1. The number of anilines is 1. The van der Waals surface area contributed by atoms with Crippen LogP contribution >= 0.6 is 27.5 Å². The van der Waals surface area contributed by atoms with Gasteiger partial charge in [0.25, 0.3) is 0 Å². The Morgan fingerprint density at radius 1 is 1.64 bits per heavy atom. The van der Waals surface area contributed by atoms with Crippen molar-refractivity contribution in [3.63, 3.8) is 0 Å². The fraction of sp³-hybridized carbons (Fsp3) is 0.222. The predicted octanol–water partition coefficient (Wildman–Crippen LogP) is 2.86. The molecule has 0 saturated heterocycles. The lowest BCUT2D eigenvalue weighted by Crippen LogP contribution is -2.08. The maximum atomic E-state index is 11.4. The first-order valence-corrected chi connectivity index (χ1v) is 5.15. The third-order valence-corrected chi connectivity index (χ3v) is 2.78. The van der Waals surface area contributed by atoms with Gasteiger partial charge in [-0.05, 0) is 35.0 Å². The van der Waals surface area contributed by atoms with E-state index in [0.717, 1.165) is 0 Å². The first kappa shape index (κ1) is 11.3. The van der Waals surface area contributed by atoms with Crippen LogP contribution in [0.25, 0.3) is 0 Å². The highest BCUT2D eigenvalue weighted by molar-refractivity contribution is 9.10. The molecule has 2 N–H and O–H groups in total. The maximum Gasteiger partial charge on any atom is 0.340 e. The van der Waals surface area contributed by atoms with Crippen molar-refractivity contribution < 1.29 is 9.53 Å². The Hall–Kier alpha value is -0.740. The molecule has 0 heterocycles. The number of carbonyl (C=O) groups is 1. The van der Waals surface area contributed by atoms with E-state index in [9.17, 15) is 4.79 Å². The average Bonchev–Trinajstić information content (AvgIpc) is 2.11. The summed E-state index contributed by atoms with van der Waals surface area (Å²) in [4.78, 5) is 11.4. The molecular formula is C9H9BrClNO2. The van der Waals surface area contributed by atoms with E-state index in [1.807, 2.05) is 0 Å². The zero-order valence-electron chi connectivity index (χ0n) is 7.51. The number of hydrogen-bond acceptors (Lipinski definition) is 3. The Morgan fingerprint density at radius 3 is 2.86 bits per heavy atom. The number of esters is 1. The first-order valence-electron chi connectivity index (χ1n) is 3.98. The van der Waals surface area contributed by atoms with Crippen LogP contribution in [0, 0.1) is 0 Å². The van der Waals surface area contributed by atoms with Crippen LogP contribution < -0.4 is 5.73 Å². The lowest BCUT2D eigenvalue weighted by Gasteiger charge is -2.06. The van der Waals surface area contributed by atoms with Crippen LogP contribution in [0.3, 0.4) is 0 Å². The molecule has 0 fully saturated rings. The van der Waals surface area contributed by atoms with Crippen molar-refractivity contribution in [3.8, 4) is 0 Å². The van der Waals surface area contributed by atoms with E-state index in [-0.39, 0.29) is 0 Å². The minimum atomic E-state index is -0.442. The number of carbonyl (C=O) groups excluding carboxylic acids is 1. The van der Waals surface area contributed by atoms with Crippen molar-refractivity contribution in [1.29, 1.82) is 0 Å². The highest BCUT2D eigenvalue weighted by Crippen LogP contribution is 2.28. The molecule has 0 aliphatic heterocycles. The molecule has 0 aliphatic carbocycles. The fourth-order valence-corrected chi connectivity index (χ4v) is 1.46. The van der Waals surface area contributed by atoms with E-state index in [0.29, 0.717) is 27.4 Å². The van der Waals surface area contributed by atoms with Crippen molar-refractivity contribution in [1.82, 2.24) is 0 Å². The second kappa shape index (κ2) is 4.66. The molecule has 1 aromatic carbocycles. The SMILES string of the molecule is CCOC(=O)c1cc(Br)c(Cl)cc1N. The van der Waals surface area contributed by atoms with Crippen molar-refractivity contribution in [2.75, 3.05) is 12.3 Å². The second-order valence-electron chi connectivity index (χ2n) is 2.57. The van der Waals surface area contributed by atoms with Gasteiger partial charge < -0.3 is 10.5 Å². The zero-order chi connectivity index (χ0) is 10.7. The zero-order valence-corrected chi connectivity index (χ0v) is 9.85. The first-order chi connectivity index (χ1) is 6.56. The summed E-state index contributed by atoms with van der Waals surface area (Å²) in [5.41, 5.74) is 6.25. The van der Waals surface area contributed by atoms with E-state index in [4.69, 9.17) is 22.1 Å². The van der Waals surface area contributed by atoms with Crippen LogP contribution in [0.15, 0.2) is 16.6 Å². The number of halogens is 2. The lowest BCUT2D eigenvalue weighted by molar-refractivity contribution is 0.0527. The van der Waals surface area contributed by atoms with Crippen LogP contribution in [-0.4, -0.2) is 12.6 Å². The quantitative estimate of drug-likeness (QED) is 0.668. The van der Waals surface area contributed by atoms with Gasteiger partial charge in [0.1, 0.15) is 0 Å². The average molecular weight is 279 g/mol. The van der Waals surface area contributed by atoms with Crippen molar-refractivity contribution in [2.45, 2.75) is 6.92 Å². The Balaban J connectivity index is 3.09. The van der Waals surface area contributed by atoms with E-state index in [2.05, 4.69) is 15.9 Å². The molecule has 0 aliphatic rings. The highest BCUT2D eigenvalue weighted by atomic mass is 79.9. The van der Waals surface area contributed by atoms with E-state index >= 15 is 0 Å². The van der Waals surface area contributed by atoms with Gasteiger partial charge in [0.15, 0.2) is 0 Å². The topological polar surface area (TPSA) is 52.3 Å². The molecule has 0 saturated carbocycles. The number of nitrogens with two attached hydrogens (primary N) is 1. The fourth-order valence-electron chi connectivity index (χ4n) is 0.948. The standard InChI is InChI=1S/C9H9BrClNO2/c1-2-14-9(13)5-3-6(10)7(11)4-8(5)12/h3-4H,2,12H2,1H3. The molecule has 76 valence electrons. The normalized spacial score (nSPS) is 9.93. The highest BCUT2D eigenvalue weighted by Gasteiger charge is 2.12. The van der Waals surface area contributed by atoms with Crippen LogP contribution in [-0.2, 0) is 4.74 Å². The molecule has 0 radical (unpaired) electrons. The number of hydrogen-bond donors (Lipinski definition) is 1. The van der Waals surface area contributed by atoms with E-state index < -0.39 is 5.97 Å². The monoisotopic (exact) mass is 277 g/mol. The smallest absolute Gasteiger partial charge is 0.340 e. The number of ether oxygens (including phenoxy) is 1. The molecule has 0 amide bonds. The van der Waals surface area contributed by atoms with Gasteiger partial charge in [-0.3, -0.25) is 0 Å². The van der Waals surface area contributed by atoms with Crippen molar-refractivity contribution in [3.05, 3.63) is 27.2 Å². The molecule has 0 spiro atoms. The van der Waals surface area contributed by atoms with Crippen LogP contribution in [0.2, 0.25) is 5.02 Å². The summed E-state index contributed by atoms with van der Waals surface area (Å²) in [6.45, 7) is 2.05. The van der Waals surface area contributed by atoms with Gasteiger partial charge in [-0.2, -0.15) is 0 Å². The molecule has 3 nitrogen and oxygen atoms in total. The Labute approximate surface area is 95.3 Å². The minimum Gasteiger partial charge on any atom is -0.462 e. The van der Waals surface area contributed by atoms with Crippen molar-refractivity contribution >= 4 is 39.2 Å². The Kier molecular flexibility index (Phi) is 3.77. The molecular weight excluding hydrogens is 269 g/mol. The van der Waals surface area contributed by atoms with Gasteiger partial charge >= 0.3 is 5.97 Å². The lowest BCUT2D eigenvalue weighted by atomic mass is 10.2. The molecule has 0 atom stereocenters. The summed E-state index contributed by atoms with van der Waals surface area (Å²) in [5, 5.41) is 0.468. The summed E-state index contributed by atoms with van der Waals surface area (Å²) in [6, 6.07) is 3.06. The van der Waals surface area contributed by atoms with Crippen LogP contribution in [0.5, 0.6) is 0 Å². The third kappa shape index (κ3) is 2.39. The summed E-state index contributed by atoms with van der Waals surface area (Å²) < 4.78 is 5.44. The molecule has 5 heteroatoms. The van der Waals surface area contributed by atoms with Gasteiger partial charge in [-0.25, -0.2) is 4.79 Å². The molecule has 1 rings (SSSR count). The largest absolute Gasteiger partial charge is 0.462 e. The van der Waals surface area contributed by atoms with Gasteiger partial charge in [-0.1, -0.05) is 11.6 Å². The van der Waals surface area contributed by atoms with E-state index in [1.165, 1.54) is 6.07 Å². The van der Waals surface area contributed by atoms with Crippen LogP contribution in [0.1, 0.15) is 17.3 Å². The maximum absolute atomic E-state index is 11.4. The summed E-state index contributed by atoms with van der Waals surface area (Å²) in [5.74, 6) is -0.442. The van der Waals surface area contributed by atoms with Gasteiger partial charge in [0.2, 0.25) is 0 Å². The molecule has 0 aromatic heterocycles. The van der Waals surface area contributed by atoms with Gasteiger partial charge in [-0.15, -0.1) is 0 Å². The summed E-state index contributed by atoms with van der Waals surface area (Å²) in [7, 11) is 0. The van der Waals surface area contributed by atoms with Crippen LogP contribution in [0.4, 0.5) is 5.69 Å². The molecule has 14 heavy (non-hydrogen) atoms. The molecule has 0 bridgehead atoms. The molecule has 1 aromatic rings. The van der Waals surface area contributed by atoms with Crippen molar-refractivity contribution in [2.24, 2.45) is 0 Å². The summed E-state index contributed by atoms with van der Waals surface area (Å²) >= 11 is 8.99. The Morgan fingerprint density at radius 2 is 2.29 bits per heavy atom. The number of rotatable bonds is 2. The van der Waals surface area contributed by atoms with Gasteiger partial charge in [0.05, 0.1) is 17.2 Å². The summed E-state index contributed by atoms with van der Waals surface area (Å²) in [6.07, 6.45) is 0. The van der Waals surface area contributed by atoms with Gasteiger partial charge in [0, 0.05) is 10.2 Å². The third-order valence-electron chi connectivity index (χ3n) is 1.59.